The molecule has 0 saturated heterocycles. The molecule has 0 aromatic carbocycles. The number of aryl methyl sites for hydroxylation is 1. The molecule has 0 bridgehead atoms. The maximum Gasteiger partial charge on any atom is 0.415 e. The van der Waals surface area contributed by atoms with E-state index in [2.05, 4.69) is 10.3 Å². The van der Waals surface area contributed by atoms with Gasteiger partial charge in [0, 0.05) is 25.5 Å². The molecule has 0 aliphatic heterocycles. The fraction of sp³-hybridized carbons (Fsp3) is 0.600. The Morgan fingerprint density at radius 2 is 2.17 bits per heavy atom. The van der Waals surface area contributed by atoms with Crippen LogP contribution in [0.1, 0.15) is 13.3 Å². The van der Waals surface area contributed by atoms with Gasteiger partial charge in [0.15, 0.2) is 5.54 Å². The van der Waals surface area contributed by atoms with Crippen LogP contribution in [0.25, 0.3) is 0 Å². The van der Waals surface area contributed by atoms with Gasteiger partial charge in [0.05, 0.1) is 6.33 Å². The second-order valence-corrected chi connectivity index (χ2v) is 4.11. The lowest BCUT2D eigenvalue weighted by Gasteiger charge is -2.26. The van der Waals surface area contributed by atoms with Crippen molar-refractivity contribution in [3.63, 3.8) is 0 Å². The lowest BCUT2D eigenvalue weighted by molar-refractivity contribution is -0.187. The van der Waals surface area contributed by atoms with Crippen LogP contribution in [0.2, 0.25) is 0 Å². The number of aromatic nitrogens is 2. The number of nitrogens with two attached hydrogens (primary N) is 1. The van der Waals surface area contributed by atoms with Crippen molar-refractivity contribution in [3.05, 3.63) is 18.7 Å². The number of halogens is 3. The normalized spacial score (nSPS) is 15.2. The van der Waals surface area contributed by atoms with Crippen LogP contribution in [0, 0.1) is 0 Å². The molecule has 18 heavy (non-hydrogen) atoms. The average Bonchev–Trinajstić information content (AvgIpc) is 2.75. The highest BCUT2D eigenvalue weighted by Crippen LogP contribution is 2.27. The molecule has 1 heterocycles. The standard InChI is InChI=1S/C10H15F3N4O/c1-9(14,10(11,12)13)8(18)16-3-2-5-17-6-4-15-7-17/h4,6-7H,2-3,5,14H2,1H3,(H,16,18). The third-order valence-electron chi connectivity index (χ3n) is 2.50. The number of nitrogens with zero attached hydrogens (tertiary/aromatic N) is 2. The number of carbonyl (C=O) groups excluding carboxylic acids is 1. The van der Waals surface area contributed by atoms with E-state index in [1.165, 1.54) is 0 Å². The Balaban J connectivity index is 2.33. The number of alkyl halides is 3. The summed E-state index contributed by atoms with van der Waals surface area (Å²) in [4.78, 5) is 15.1. The summed E-state index contributed by atoms with van der Waals surface area (Å²) in [6.45, 7) is 1.34. The minimum absolute atomic E-state index is 0.125. The molecule has 0 radical (unpaired) electrons. The zero-order chi connectivity index (χ0) is 13.8. The molecule has 1 atom stereocenters. The topological polar surface area (TPSA) is 72.9 Å². The third kappa shape index (κ3) is 3.46. The minimum atomic E-state index is -4.76. The molecular weight excluding hydrogens is 249 g/mol. The second-order valence-electron chi connectivity index (χ2n) is 4.11. The monoisotopic (exact) mass is 264 g/mol. The summed E-state index contributed by atoms with van der Waals surface area (Å²) in [6, 6.07) is 0. The van der Waals surface area contributed by atoms with Gasteiger partial charge < -0.3 is 15.6 Å². The number of hydrogen-bond acceptors (Lipinski definition) is 3. The first kappa shape index (κ1) is 14.5. The van der Waals surface area contributed by atoms with Crippen molar-refractivity contribution in [2.45, 2.75) is 31.6 Å². The molecule has 3 N–H and O–H groups in total. The van der Waals surface area contributed by atoms with Crippen molar-refractivity contribution >= 4 is 5.91 Å². The molecule has 0 spiro atoms. The Kier molecular flexibility index (Phi) is 4.33. The summed E-state index contributed by atoms with van der Waals surface area (Å²) < 4.78 is 39.0. The van der Waals surface area contributed by atoms with E-state index in [0.29, 0.717) is 19.9 Å². The smallest absolute Gasteiger partial charge is 0.354 e. The van der Waals surface area contributed by atoms with Crippen LogP contribution in [-0.2, 0) is 11.3 Å². The first-order valence-corrected chi connectivity index (χ1v) is 5.35. The second kappa shape index (κ2) is 5.38. The van der Waals surface area contributed by atoms with Crippen LogP contribution in [0.15, 0.2) is 18.7 Å². The Morgan fingerprint density at radius 1 is 1.50 bits per heavy atom. The molecule has 8 heteroatoms. The maximum atomic E-state index is 12.4. The molecule has 1 aromatic heterocycles. The van der Waals surface area contributed by atoms with Gasteiger partial charge >= 0.3 is 6.18 Å². The van der Waals surface area contributed by atoms with Gasteiger partial charge in [0.25, 0.3) is 0 Å². The Labute approximate surface area is 102 Å². The predicted octanol–water partition coefficient (Wildman–Crippen LogP) is 0.669. The fourth-order valence-electron chi connectivity index (χ4n) is 1.19. The summed E-state index contributed by atoms with van der Waals surface area (Å²) in [5, 5.41) is 2.17. The Hall–Kier alpha value is -1.57. The first-order chi connectivity index (χ1) is 8.25. The van der Waals surface area contributed by atoms with Crippen molar-refractivity contribution in [3.8, 4) is 0 Å². The lowest BCUT2D eigenvalue weighted by Crippen LogP contribution is -2.61. The summed E-state index contributed by atoms with van der Waals surface area (Å²) in [6.07, 6.45) is 0.645. The molecule has 102 valence electrons. The summed E-state index contributed by atoms with van der Waals surface area (Å²) in [7, 11) is 0. The average molecular weight is 264 g/mol. The van der Waals surface area contributed by atoms with Crippen LogP contribution in [-0.4, -0.2) is 33.7 Å². The molecule has 1 rings (SSSR count). The van der Waals surface area contributed by atoms with Crippen LogP contribution >= 0.6 is 0 Å². The number of rotatable bonds is 5. The van der Waals surface area contributed by atoms with Crippen LogP contribution in [0.4, 0.5) is 13.2 Å². The van der Waals surface area contributed by atoms with Crippen LogP contribution in [0.3, 0.4) is 0 Å². The zero-order valence-electron chi connectivity index (χ0n) is 9.87. The molecule has 0 aliphatic rings. The molecule has 5 nitrogen and oxygen atoms in total. The van der Waals surface area contributed by atoms with E-state index in [9.17, 15) is 18.0 Å². The highest BCUT2D eigenvalue weighted by Gasteiger charge is 2.53. The van der Waals surface area contributed by atoms with E-state index < -0.39 is 17.6 Å². The molecule has 0 aliphatic carbocycles. The van der Waals surface area contributed by atoms with E-state index >= 15 is 0 Å². The molecule has 1 unspecified atom stereocenters. The largest absolute Gasteiger partial charge is 0.415 e. The SMILES string of the molecule is CC(N)(C(=O)NCCCn1ccnc1)C(F)(F)F. The summed E-state index contributed by atoms with van der Waals surface area (Å²) >= 11 is 0. The highest BCUT2D eigenvalue weighted by atomic mass is 19.4. The predicted molar refractivity (Wildman–Crippen MR) is 58.5 cm³/mol. The van der Waals surface area contributed by atoms with Gasteiger partial charge in [-0.15, -0.1) is 0 Å². The number of imidazole rings is 1. The van der Waals surface area contributed by atoms with Crippen LogP contribution < -0.4 is 11.1 Å². The molecule has 1 amide bonds. The Bertz CT molecular complexity index is 386. The van der Waals surface area contributed by atoms with E-state index in [1.807, 2.05) is 0 Å². The Morgan fingerprint density at radius 3 is 2.67 bits per heavy atom. The number of carbonyl (C=O) groups is 1. The van der Waals surface area contributed by atoms with Gasteiger partial charge in [-0.2, -0.15) is 13.2 Å². The zero-order valence-corrected chi connectivity index (χ0v) is 9.87. The molecule has 1 aromatic rings. The van der Waals surface area contributed by atoms with Gasteiger partial charge in [-0.05, 0) is 13.3 Å². The van der Waals surface area contributed by atoms with Crippen molar-refractivity contribution in [1.82, 2.24) is 14.9 Å². The molecular formula is C10H15F3N4O. The third-order valence-corrected chi connectivity index (χ3v) is 2.50. The van der Waals surface area contributed by atoms with E-state index in [4.69, 9.17) is 5.73 Å². The van der Waals surface area contributed by atoms with Crippen LogP contribution in [0.5, 0.6) is 0 Å². The molecule has 0 saturated carbocycles. The maximum absolute atomic E-state index is 12.4. The number of amides is 1. The number of nitrogens with one attached hydrogen (secondary N) is 1. The quantitative estimate of drug-likeness (QED) is 0.768. The fourth-order valence-corrected chi connectivity index (χ4v) is 1.19. The van der Waals surface area contributed by atoms with Crippen molar-refractivity contribution in [2.24, 2.45) is 5.73 Å². The summed E-state index contributed by atoms with van der Waals surface area (Å²) in [5.41, 5.74) is 2.10. The van der Waals surface area contributed by atoms with Crippen molar-refractivity contribution in [2.75, 3.05) is 6.54 Å². The van der Waals surface area contributed by atoms with Crippen molar-refractivity contribution < 1.29 is 18.0 Å². The number of hydrogen-bond donors (Lipinski definition) is 2. The minimum Gasteiger partial charge on any atom is -0.354 e. The van der Waals surface area contributed by atoms with Gasteiger partial charge in [0.1, 0.15) is 0 Å². The van der Waals surface area contributed by atoms with E-state index in [-0.39, 0.29) is 6.54 Å². The highest BCUT2D eigenvalue weighted by molar-refractivity contribution is 5.86. The first-order valence-electron chi connectivity index (χ1n) is 5.35. The molecule has 0 fully saturated rings. The van der Waals surface area contributed by atoms with E-state index in [0.717, 1.165) is 0 Å². The summed E-state index contributed by atoms with van der Waals surface area (Å²) in [5.74, 6) is -1.22. The lowest BCUT2D eigenvalue weighted by atomic mass is 10.0. The van der Waals surface area contributed by atoms with Crippen molar-refractivity contribution in [1.29, 1.82) is 0 Å². The van der Waals surface area contributed by atoms with Gasteiger partial charge in [-0.25, -0.2) is 4.98 Å². The van der Waals surface area contributed by atoms with Gasteiger partial charge in [-0.3, -0.25) is 4.79 Å². The van der Waals surface area contributed by atoms with Gasteiger partial charge in [0.2, 0.25) is 5.91 Å². The van der Waals surface area contributed by atoms with E-state index in [1.54, 1.807) is 23.3 Å². The van der Waals surface area contributed by atoms with Gasteiger partial charge in [-0.1, -0.05) is 0 Å².